The fourth-order valence-corrected chi connectivity index (χ4v) is 2.80. The largest absolute Gasteiger partial charge is 0.486 e. The van der Waals surface area contributed by atoms with Crippen LogP contribution in [0.25, 0.3) is 0 Å². The number of carbonyl (C=O) groups excluding carboxylic acids is 1. The van der Waals surface area contributed by atoms with E-state index in [0.29, 0.717) is 24.4 Å². The lowest BCUT2D eigenvalue weighted by molar-refractivity contribution is -0.139. The van der Waals surface area contributed by atoms with E-state index in [-0.39, 0.29) is 24.6 Å². The molecule has 0 saturated heterocycles. The van der Waals surface area contributed by atoms with Crippen molar-refractivity contribution in [3.05, 3.63) is 53.7 Å². The summed E-state index contributed by atoms with van der Waals surface area (Å²) in [6.45, 7) is 0.0964. The number of furan rings is 1. The molecule has 7 heteroatoms. The third kappa shape index (κ3) is 4.17. The van der Waals surface area contributed by atoms with Crippen LogP contribution < -0.4 is 10.1 Å². The number of amides is 1. The van der Waals surface area contributed by atoms with Gasteiger partial charge in [-0.2, -0.15) is 0 Å². The Balaban J connectivity index is 1.57. The fraction of sp³-hybridized carbons (Fsp3) is 0.333. The molecule has 3 rings (SSSR count). The maximum Gasteiger partial charge on any atom is 0.305 e. The summed E-state index contributed by atoms with van der Waals surface area (Å²) in [6.07, 6.45) is 2.08. The summed E-state index contributed by atoms with van der Waals surface area (Å²) >= 11 is 0. The van der Waals surface area contributed by atoms with Gasteiger partial charge < -0.3 is 19.6 Å². The molecule has 0 unspecified atom stereocenters. The number of benzene rings is 1. The Morgan fingerprint density at radius 1 is 1.20 bits per heavy atom. The summed E-state index contributed by atoms with van der Waals surface area (Å²) in [6, 6.07) is 8.71. The number of carboxylic acid groups (broad SMARTS) is 1. The summed E-state index contributed by atoms with van der Waals surface area (Å²) in [5.41, 5.74) is -0.680. The zero-order valence-electron chi connectivity index (χ0n) is 13.5. The smallest absolute Gasteiger partial charge is 0.305 e. The van der Waals surface area contributed by atoms with Crippen LogP contribution in [0.15, 0.2) is 40.8 Å². The van der Waals surface area contributed by atoms with Crippen molar-refractivity contribution in [3.8, 4) is 5.75 Å². The lowest BCUT2D eigenvalue weighted by atomic mass is 9.74. The van der Waals surface area contributed by atoms with Crippen molar-refractivity contribution in [1.29, 1.82) is 0 Å². The number of hydrogen-bond acceptors (Lipinski definition) is 4. The highest BCUT2D eigenvalue weighted by Crippen LogP contribution is 2.35. The maximum atomic E-state index is 12.8. The molecule has 0 bridgehead atoms. The van der Waals surface area contributed by atoms with Gasteiger partial charge in [0, 0.05) is 0 Å². The Hall–Kier alpha value is -2.83. The quantitative estimate of drug-likeness (QED) is 0.803. The van der Waals surface area contributed by atoms with Gasteiger partial charge in [0.25, 0.3) is 5.91 Å². The Morgan fingerprint density at radius 3 is 2.52 bits per heavy atom. The van der Waals surface area contributed by atoms with Crippen LogP contribution in [-0.2, 0) is 11.4 Å². The Morgan fingerprint density at radius 2 is 1.92 bits per heavy atom. The van der Waals surface area contributed by atoms with Gasteiger partial charge >= 0.3 is 5.97 Å². The normalized spacial score (nSPS) is 15.2. The van der Waals surface area contributed by atoms with Crippen LogP contribution in [0.1, 0.15) is 42.0 Å². The van der Waals surface area contributed by atoms with E-state index in [9.17, 15) is 14.0 Å². The number of carbonyl (C=O) groups is 2. The summed E-state index contributed by atoms with van der Waals surface area (Å²) in [7, 11) is 0. The second-order valence-electron chi connectivity index (χ2n) is 6.17. The molecule has 0 aliphatic heterocycles. The minimum absolute atomic E-state index is 0.0964. The minimum Gasteiger partial charge on any atom is -0.486 e. The lowest BCUT2D eigenvalue weighted by Gasteiger charge is -2.41. The van der Waals surface area contributed by atoms with Crippen molar-refractivity contribution < 1.29 is 28.2 Å². The summed E-state index contributed by atoms with van der Waals surface area (Å²) < 4.78 is 23.7. The van der Waals surface area contributed by atoms with E-state index >= 15 is 0 Å². The number of ether oxygens (including phenoxy) is 1. The maximum absolute atomic E-state index is 12.8. The molecule has 1 heterocycles. The van der Waals surface area contributed by atoms with E-state index in [0.717, 1.165) is 6.42 Å². The highest BCUT2D eigenvalue weighted by Gasteiger charge is 2.40. The average molecular weight is 347 g/mol. The highest BCUT2D eigenvalue weighted by molar-refractivity contribution is 5.92. The average Bonchev–Trinajstić information content (AvgIpc) is 3.01. The van der Waals surface area contributed by atoms with Crippen molar-refractivity contribution in [2.24, 2.45) is 0 Å². The van der Waals surface area contributed by atoms with E-state index in [4.69, 9.17) is 14.3 Å². The molecule has 1 aromatic heterocycles. The number of carboxylic acids is 1. The number of halogens is 1. The van der Waals surface area contributed by atoms with Crippen LogP contribution in [0.3, 0.4) is 0 Å². The zero-order chi connectivity index (χ0) is 17.9. The van der Waals surface area contributed by atoms with Crippen LogP contribution >= 0.6 is 0 Å². The van der Waals surface area contributed by atoms with Gasteiger partial charge in [-0.15, -0.1) is 0 Å². The van der Waals surface area contributed by atoms with Crippen molar-refractivity contribution in [3.63, 3.8) is 0 Å². The van der Waals surface area contributed by atoms with Crippen molar-refractivity contribution in [2.45, 2.75) is 37.8 Å². The minimum atomic E-state index is -0.937. The van der Waals surface area contributed by atoms with E-state index in [2.05, 4.69) is 5.32 Å². The molecule has 2 N–H and O–H groups in total. The van der Waals surface area contributed by atoms with Gasteiger partial charge in [0.2, 0.25) is 0 Å². The number of nitrogens with one attached hydrogen (secondary N) is 1. The van der Waals surface area contributed by atoms with Crippen LogP contribution in [0.2, 0.25) is 0 Å². The van der Waals surface area contributed by atoms with Crippen LogP contribution in [-0.4, -0.2) is 22.5 Å². The van der Waals surface area contributed by atoms with Crippen molar-refractivity contribution in [2.75, 3.05) is 0 Å². The molecule has 132 valence electrons. The molecular weight excluding hydrogens is 329 g/mol. The van der Waals surface area contributed by atoms with Gasteiger partial charge in [0.1, 0.15) is 23.9 Å². The van der Waals surface area contributed by atoms with Gasteiger partial charge in [-0.1, -0.05) is 0 Å². The number of hydrogen-bond donors (Lipinski definition) is 2. The first kappa shape index (κ1) is 17.0. The molecule has 25 heavy (non-hydrogen) atoms. The zero-order valence-corrected chi connectivity index (χ0v) is 13.5. The molecule has 1 aromatic carbocycles. The first-order chi connectivity index (χ1) is 12.0. The molecular formula is C18H18FNO5. The van der Waals surface area contributed by atoms with Gasteiger partial charge in [0.05, 0.1) is 12.0 Å². The predicted molar refractivity (Wildman–Crippen MR) is 85.7 cm³/mol. The molecule has 1 aliphatic rings. The molecule has 2 aromatic rings. The number of rotatable bonds is 7. The SMILES string of the molecule is O=C(O)CC1(NC(=O)c2ccc(COc3ccc(F)cc3)o2)CCC1. The fourth-order valence-electron chi connectivity index (χ4n) is 2.80. The van der Waals surface area contributed by atoms with Crippen LogP contribution in [0, 0.1) is 5.82 Å². The van der Waals surface area contributed by atoms with Crippen molar-refractivity contribution >= 4 is 11.9 Å². The summed E-state index contributed by atoms with van der Waals surface area (Å²) in [5.74, 6) is -0.694. The summed E-state index contributed by atoms with van der Waals surface area (Å²) in [4.78, 5) is 23.2. The van der Waals surface area contributed by atoms with Crippen LogP contribution in [0.4, 0.5) is 4.39 Å². The molecule has 1 aliphatic carbocycles. The molecule has 0 atom stereocenters. The van der Waals surface area contributed by atoms with Gasteiger partial charge in [-0.25, -0.2) is 4.39 Å². The number of aliphatic carboxylic acids is 1. The first-order valence-corrected chi connectivity index (χ1v) is 7.97. The lowest BCUT2D eigenvalue weighted by Crippen LogP contribution is -2.54. The van der Waals surface area contributed by atoms with E-state index in [1.807, 2.05) is 0 Å². The summed E-state index contributed by atoms with van der Waals surface area (Å²) in [5, 5.41) is 11.8. The van der Waals surface area contributed by atoms with E-state index in [1.165, 1.54) is 30.3 Å². The van der Waals surface area contributed by atoms with E-state index in [1.54, 1.807) is 6.07 Å². The second kappa shape index (κ2) is 6.96. The predicted octanol–water partition coefficient (Wildman–Crippen LogP) is 3.12. The van der Waals surface area contributed by atoms with Gasteiger partial charge in [-0.05, 0) is 55.7 Å². The third-order valence-corrected chi connectivity index (χ3v) is 4.26. The molecule has 0 spiro atoms. The van der Waals surface area contributed by atoms with Crippen molar-refractivity contribution in [1.82, 2.24) is 5.32 Å². The Kier molecular flexibility index (Phi) is 4.74. The molecule has 0 radical (unpaired) electrons. The topological polar surface area (TPSA) is 88.8 Å². The Bertz CT molecular complexity index is 764. The second-order valence-corrected chi connectivity index (χ2v) is 6.17. The first-order valence-electron chi connectivity index (χ1n) is 7.97. The standard InChI is InChI=1S/C18H18FNO5/c19-12-2-4-13(5-3-12)24-11-14-6-7-15(25-14)17(23)20-18(8-1-9-18)10-16(21)22/h2-7H,1,8-11H2,(H,20,23)(H,21,22). The molecule has 1 saturated carbocycles. The van der Waals surface area contributed by atoms with Gasteiger partial charge in [-0.3, -0.25) is 9.59 Å². The third-order valence-electron chi connectivity index (χ3n) is 4.26. The molecule has 1 fully saturated rings. The highest BCUT2D eigenvalue weighted by atomic mass is 19.1. The van der Waals surface area contributed by atoms with Crippen LogP contribution in [0.5, 0.6) is 5.75 Å². The Labute approximate surface area is 143 Å². The monoisotopic (exact) mass is 347 g/mol. The molecule has 6 nitrogen and oxygen atoms in total. The van der Waals surface area contributed by atoms with E-state index < -0.39 is 17.4 Å². The molecule has 1 amide bonds. The van der Waals surface area contributed by atoms with Gasteiger partial charge in [0.15, 0.2) is 5.76 Å².